The van der Waals surface area contributed by atoms with Gasteiger partial charge < -0.3 is 15.2 Å². The number of halogens is 1. The number of anilines is 1. The lowest BCUT2D eigenvalue weighted by Crippen LogP contribution is -2.29. The molecule has 0 spiro atoms. The fourth-order valence-electron chi connectivity index (χ4n) is 5.02. The van der Waals surface area contributed by atoms with Crippen LogP contribution in [0.4, 0.5) is 15.0 Å². The molecule has 5 rings (SSSR count). The Labute approximate surface area is 245 Å². The van der Waals surface area contributed by atoms with Crippen LogP contribution in [-0.2, 0) is 18.5 Å². The number of ether oxygens (including phenoxy) is 1. The van der Waals surface area contributed by atoms with Gasteiger partial charge >= 0.3 is 6.03 Å². The number of amides is 2. The molecule has 220 valence electrons. The highest BCUT2D eigenvalue weighted by molar-refractivity contribution is 5.88. The van der Waals surface area contributed by atoms with Gasteiger partial charge in [0.25, 0.3) is 0 Å². The van der Waals surface area contributed by atoms with E-state index in [0.717, 1.165) is 28.2 Å². The number of carbonyl (C=O) groups excluding carboxylic acids is 1. The number of urea groups is 1. The average Bonchev–Trinajstić information content (AvgIpc) is 3.54. The molecule has 3 N–H and O–H groups in total. The maximum atomic E-state index is 14.3. The number of hydrogen-bond donors (Lipinski definition) is 3. The minimum Gasteiger partial charge on any atom is -0.461 e. The van der Waals surface area contributed by atoms with Crippen LogP contribution in [0.1, 0.15) is 68.1 Å². The van der Waals surface area contributed by atoms with Crippen molar-refractivity contribution in [2.24, 2.45) is 0 Å². The summed E-state index contributed by atoms with van der Waals surface area (Å²) >= 11 is 0. The number of nitrogens with zero attached hydrogens (tertiary/aromatic N) is 4. The van der Waals surface area contributed by atoms with Gasteiger partial charge in [-0.25, -0.2) is 13.9 Å². The van der Waals surface area contributed by atoms with Crippen molar-refractivity contribution in [3.8, 4) is 11.4 Å². The number of aliphatic hydroxyl groups is 1. The number of fused-ring (bicyclic) bond motifs is 1. The molecule has 42 heavy (non-hydrogen) atoms. The summed E-state index contributed by atoms with van der Waals surface area (Å²) in [4.78, 5) is 13.1. The van der Waals surface area contributed by atoms with Crippen molar-refractivity contribution in [1.29, 1.82) is 0 Å². The molecule has 0 bridgehead atoms. The van der Waals surface area contributed by atoms with E-state index in [2.05, 4.69) is 43.4 Å². The molecule has 10 heteroatoms. The van der Waals surface area contributed by atoms with Crippen LogP contribution in [0.15, 0.2) is 60.5 Å². The molecule has 2 heterocycles. The number of aromatic nitrogens is 4. The Balaban J connectivity index is 1.32. The molecule has 2 aromatic carbocycles. The van der Waals surface area contributed by atoms with E-state index in [1.54, 1.807) is 16.9 Å². The summed E-state index contributed by atoms with van der Waals surface area (Å²) in [5.41, 5.74) is 5.04. The van der Waals surface area contributed by atoms with E-state index in [0.29, 0.717) is 35.9 Å². The monoisotopic (exact) mass is 572 g/mol. The number of aliphatic hydroxyl groups excluding tert-OH is 1. The number of rotatable bonds is 8. The predicted octanol–water partition coefficient (Wildman–Crippen LogP) is 6.05. The highest BCUT2D eigenvalue weighted by atomic mass is 19.1. The Morgan fingerprint density at radius 1 is 1.17 bits per heavy atom. The normalized spacial score (nSPS) is 14.7. The third kappa shape index (κ3) is 6.38. The van der Waals surface area contributed by atoms with Crippen molar-refractivity contribution in [3.63, 3.8) is 0 Å². The maximum Gasteiger partial charge on any atom is 0.320 e. The lowest BCUT2D eigenvalue weighted by Gasteiger charge is -2.23. The van der Waals surface area contributed by atoms with Gasteiger partial charge in [0.2, 0.25) is 0 Å². The van der Waals surface area contributed by atoms with Gasteiger partial charge in [0.05, 0.1) is 30.7 Å². The number of nitrogens with one attached hydrogen (secondary N) is 2. The second kappa shape index (κ2) is 11.8. The van der Waals surface area contributed by atoms with Gasteiger partial charge in [0.1, 0.15) is 23.1 Å². The molecule has 9 nitrogen and oxygen atoms in total. The van der Waals surface area contributed by atoms with Gasteiger partial charge in [0.15, 0.2) is 0 Å². The van der Waals surface area contributed by atoms with E-state index in [4.69, 9.17) is 9.84 Å². The lowest BCUT2D eigenvalue weighted by atomic mass is 9.92. The zero-order valence-corrected chi connectivity index (χ0v) is 24.6. The molecule has 1 unspecified atom stereocenters. The average molecular weight is 573 g/mol. The first-order valence-corrected chi connectivity index (χ1v) is 14.1. The Bertz CT molecular complexity index is 1610. The summed E-state index contributed by atoms with van der Waals surface area (Å²) in [6.45, 7) is 10.8. The minimum atomic E-state index is -0.453. The molecular formula is C32H37FN6O3. The second-order valence-corrected chi connectivity index (χ2v) is 11.7. The molecule has 1 atom stereocenters. The molecule has 2 aromatic heterocycles. The molecule has 0 aliphatic heterocycles. The van der Waals surface area contributed by atoms with Crippen LogP contribution < -0.4 is 15.4 Å². The van der Waals surface area contributed by atoms with Crippen molar-refractivity contribution in [2.45, 2.75) is 65.5 Å². The van der Waals surface area contributed by atoms with E-state index in [9.17, 15) is 14.3 Å². The van der Waals surface area contributed by atoms with Crippen LogP contribution in [0.25, 0.3) is 11.8 Å². The topological polar surface area (TPSA) is 106 Å². The highest BCUT2D eigenvalue weighted by Gasteiger charge is 2.25. The summed E-state index contributed by atoms with van der Waals surface area (Å²) in [5.74, 6) is 1.40. The van der Waals surface area contributed by atoms with Crippen molar-refractivity contribution in [2.75, 3.05) is 11.9 Å². The smallest absolute Gasteiger partial charge is 0.320 e. The summed E-state index contributed by atoms with van der Waals surface area (Å²) in [7, 11) is 0. The number of carbonyl (C=O) groups is 1. The van der Waals surface area contributed by atoms with Gasteiger partial charge in [0, 0.05) is 47.2 Å². The van der Waals surface area contributed by atoms with Gasteiger partial charge in [-0.1, -0.05) is 45.4 Å². The molecule has 0 fully saturated rings. The number of benzene rings is 2. The third-order valence-electron chi connectivity index (χ3n) is 7.21. The van der Waals surface area contributed by atoms with Crippen LogP contribution in [-0.4, -0.2) is 37.3 Å². The lowest BCUT2D eigenvalue weighted by molar-refractivity contribution is 0.251. The van der Waals surface area contributed by atoms with Crippen molar-refractivity contribution >= 4 is 17.9 Å². The van der Waals surface area contributed by atoms with Gasteiger partial charge in [-0.3, -0.25) is 10.00 Å². The molecule has 0 saturated carbocycles. The first kappa shape index (κ1) is 29.1. The molecule has 0 saturated heterocycles. The Kier molecular flexibility index (Phi) is 8.17. The van der Waals surface area contributed by atoms with Crippen LogP contribution in [0.3, 0.4) is 0 Å². The van der Waals surface area contributed by atoms with Crippen LogP contribution in [0, 0.1) is 12.7 Å². The van der Waals surface area contributed by atoms with Gasteiger partial charge in [-0.2, -0.15) is 10.2 Å². The zero-order chi connectivity index (χ0) is 30.0. The van der Waals surface area contributed by atoms with E-state index < -0.39 is 11.8 Å². The number of hydrogen-bond acceptors (Lipinski definition) is 5. The number of aryl methyl sites for hydroxylation is 1. The Hall–Kier alpha value is -4.44. The Morgan fingerprint density at radius 2 is 1.93 bits per heavy atom. The van der Waals surface area contributed by atoms with Crippen molar-refractivity contribution in [1.82, 2.24) is 24.9 Å². The zero-order valence-electron chi connectivity index (χ0n) is 24.6. The molecule has 0 radical (unpaired) electrons. The van der Waals surface area contributed by atoms with E-state index in [-0.39, 0.29) is 24.5 Å². The van der Waals surface area contributed by atoms with Crippen LogP contribution in [0.2, 0.25) is 0 Å². The fraction of sp³-hybridized carbons (Fsp3) is 0.344. The molecule has 2 amide bonds. The third-order valence-corrected chi connectivity index (χ3v) is 7.21. The predicted molar refractivity (Wildman–Crippen MR) is 160 cm³/mol. The molecule has 1 aliphatic rings. The van der Waals surface area contributed by atoms with E-state index in [1.165, 1.54) is 12.1 Å². The van der Waals surface area contributed by atoms with E-state index in [1.807, 2.05) is 48.0 Å². The number of allylic oxidation sites excluding steroid dienone is 1. The minimum absolute atomic E-state index is 0.0134. The Morgan fingerprint density at radius 3 is 2.64 bits per heavy atom. The second-order valence-electron chi connectivity index (χ2n) is 11.7. The maximum absolute atomic E-state index is 14.3. The molecule has 4 aromatic rings. The largest absolute Gasteiger partial charge is 0.461 e. The summed E-state index contributed by atoms with van der Waals surface area (Å²) in [6.07, 6.45) is 4.30. The van der Waals surface area contributed by atoms with E-state index >= 15 is 0 Å². The van der Waals surface area contributed by atoms with Crippen LogP contribution >= 0.6 is 0 Å². The van der Waals surface area contributed by atoms with Crippen molar-refractivity contribution < 1.29 is 19.0 Å². The summed E-state index contributed by atoms with van der Waals surface area (Å²) in [5, 5.41) is 24.2. The first-order valence-electron chi connectivity index (χ1n) is 14.1. The highest BCUT2D eigenvalue weighted by Crippen LogP contribution is 2.35. The summed E-state index contributed by atoms with van der Waals surface area (Å²) < 4.78 is 24.0. The SMILES string of the molecule is Cc1ccc(-n2nc(C(C)(C)C)cc2NC(=O)NCc2cc(F)ccc2OC2=Cc3cnn(CCO)c3C(C)C2)cc1. The molecular weight excluding hydrogens is 535 g/mol. The van der Waals surface area contributed by atoms with Gasteiger partial charge in [-0.15, -0.1) is 0 Å². The van der Waals surface area contributed by atoms with Crippen molar-refractivity contribution in [3.05, 3.63) is 94.4 Å². The van der Waals surface area contributed by atoms with Gasteiger partial charge in [-0.05, 0) is 43.3 Å². The summed E-state index contributed by atoms with van der Waals surface area (Å²) in [6, 6.07) is 13.6. The van der Waals surface area contributed by atoms with Crippen LogP contribution in [0.5, 0.6) is 5.75 Å². The fourth-order valence-corrected chi connectivity index (χ4v) is 5.02. The first-order chi connectivity index (χ1) is 20.0. The quantitative estimate of drug-likeness (QED) is 0.238. The molecule has 1 aliphatic carbocycles. The standard InChI is InChI=1S/C32H37FN6O3/c1-20-6-9-25(10-7-20)39-29(17-28(37-39)32(3,4)5)36-31(41)34-18-22-15-24(33)8-11-27(22)42-26-14-21(2)30-23(16-26)19-35-38(30)12-13-40/h6-11,15-17,19,21,40H,12-14,18H2,1-5H3,(H2,34,36,41).